The van der Waals surface area contributed by atoms with E-state index in [1.807, 2.05) is 6.92 Å². The fourth-order valence-corrected chi connectivity index (χ4v) is 0.702. The topological polar surface area (TPSA) is 52.6 Å². The van der Waals surface area contributed by atoms with Crippen LogP contribution in [0.15, 0.2) is 12.7 Å². The molecule has 0 atom stereocenters. The highest BCUT2D eigenvalue weighted by atomic mass is 16.6. The lowest BCUT2D eigenvalue weighted by atomic mass is 10.3. The third-order valence-corrected chi connectivity index (χ3v) is 1.41. The predicted octanol–water partition coefficient (Wildman–Crippen LogP) is 1.45. The second-order valence-electron chi connectivity index (χ2n) is 2.72. The van der Waals surface area contributed by atoms with E-state index < -0.39 is 11.9 Å². The van der Waals surface area contributed by atoms with E-state index >= 15 is 0 Å². The predicted molar refractivity (Wildman–Crippen MR) is 51.6 cm³/mol. The van der Waals surface area contributed by atoms with Crippen molar-refractivity contribution in [3.05, 3.63) is 12.7 Å². The summed E-state index contributed by atoms with van der Waals surface area (Å²) in [5.41, 5.74) is 0. The van der Waals surface area contributed by atoms with Crippen LogP contribution in [0.1, 0.15) is 26.2 Å². The first kappa shape index (κ1) is 12.7. The molecule has 0 aromatic heterocycles. The lowest BCUT2D eigenvalue weighted by Gasteiger charge is -2.03. The summed E-state index contributed by atoms with van der Waals surface area (Å²) in [5, 5.41) is 0. The Labute approximate surface area is 83.9 Å². The van der Waals surface area contributed by atoms with Gasteiger partial charge in [-0.25, -0.2) is 0 Å². The number of hydrogen-bond donors (Lipinski definition) is 0. The molecule has 0 aromatic rings. The Hall–Kier alpha value is -1.32. The minimum Gasteiger partial charge on any atom is -0.465 e. The molecule has 0 fully saturated rings. The van der Waals surface area contributed by atoms with Crippen molar-refractivity contribution in [2.45, 2.75) is 26.2 Å². The van der Waals surface area contributed by atoms with Gasteiger partial charge in [0.25, 0.3) is 0 Å². The summed E-state index contributed by atoms with van der Waals surface area (Å²) in [6.07, 6.45) is 2.89. The molecule has 4 heteroatoms. The largest absolute Gasteiger partial charge is 0.465 e. The van der Waals surface area contributed by atoms with Crippen LogP contribution < -0.4 is 0 Å². The molecule has 0 radical (unpaired) electrons. The average molecular weight is 200 g/mol. The van der Waals surface area contributed by atoms with E-state index in [1.54, 1.807) is 0 Å². The molecule has 0 N–H and O–H groups in total. The molecule has 0 bridgehead atoms. The molecule has 0 aliphatic carbocycles. The number of esters is 2. The Balaban J connectivity index is 3.50. The first-order valence-electron chi connectivity index (χ1n) is 4.62. The summed E-state index contributed by atoms with van der Waals surface area (Å²) in [6, 6.07) is 0. The molecule has 0 aliphatic rings. The quantitative estimate of drug-likeness (QED) is 0.270. The molecule has 0 spiro atoms. The van der Waals surface area contributed by atoms with Gasteiger partial charge >= 0.3 is 11.9 Å². The molecule has 0 unspecified atom stereocenters. The molecule has 80 valence electrons. The molecule has 4 nitrogen and oxygen atoms in total. The second kappa shape index (κ2) is 8.29. The molecule has 0 saturated carbocycles. The van der Waals surface area contributed by atoms with Crippen molar-refractivity contribution in [1.82, 2.24) is 0 Å². The highest BCUT2D eigenvalue weighted by molar-refractivity contribution is 5.91. The smallest absolute Gasteiger partial charge is 0.317 e. The number of carbonyl (C=O) groups excluding carboxylic acids is 2. The van der Waals surface area contributed by atoms with Crippen molar-refractivity contribution in [2.24, 2.45) is 0 Å². The summed E-state index contributed by atoms with van der Waals surface area (Å²) >= 11 is 0. The summed E-state index contributed by atoms with van der Waals surface area (Å²) in [7, 11) is 0. The second-order valence-corrected chi connectivity index (χ2v) is 2.72. The Morgan fingerprint density at radius 1 is 1.29 bits per heavy atom. The molecular weight excluding hydrogens is 184 g/mol. The van der Waals surface area contributed by atoms with Crippen LogP contribution in [-0.2, 0) is 19.1 Å². The standard InChI is InChI=1S/C10H16O4/c1-3-5-7-14-10(12)8-9(11)13-6-4-2/h4H,2-3,5-8H2,1H3. The maximum atomic E-state index is 10.9. The van der Waals surface area contributed by atoms with Gasteiger partial charge in [0.15, 0.2) is 0 Å². The number of rotatable bonds is 7. The average Bonchev–Trinajstić information content (AvgIpc) is 2.15. The zero-order valence-electron chi connectivity index (χ0n) is 8.45. The number of carbonyl (C=O) groups is 2. The van der Waals surface area contributed by atoms with E-state index in [4.69, 9.17) is 4.74 Å². The molecule has 0 saturated heterocycles. The van der Waals surface area contributed by atoms with Crippen molar-refractivity contribution >= 4 is 11.9 Å². The summed E-state index contributed by atoms with van der Waals surface area (Å²) in [6.45, 7) is 5.86. The van der Waals surface area contributed by atoms with Crippen LogP contribution in [0.3, 0.4) is 0 Å². The normalized spacial score (nSPS) is 9.21. The molecule has 0 aromatic carbocycles. The van der Waals surface area contributed by atoms with Crippen molar-refractivity contribution in [2.75, 3.05) is 13.2 Å². The Morgan fingerprint density at radius 3 is 2.50 bits per heavy atom. The first-order valence-corrected chi connectivity index (χ1v) is 4.62. The summed E-state index contributed by atoms with van der Waals surface area (Å²) in [4.78, 5) is 21.8. The third kappa shape index (κ3) is 7.34. The molecule has 0 amide bonds. The van der Waals surface area contributed by atoms with Gasteiger partial charge in [-0.15, -0.1) is 0 Å². The van der Waals surface area contributed by atoms with Crippen LogP contribution >= 0.6 is 0 Å². The van der Waals surface area contributed by atoms with E-state index in [1.165, 1.54) is 6.08 Å². The van der Waals surface area contributed by atoms with E-state index in [0.29, 0.717) is 6.61 Å². The molecule has 0 aliphatic heterocycles. The maximum Gasteiger partial charge on any atom is 0.317 e. The zero-order valence-corrected chi connectivity index (χ0v) is 8.45. The van der Waals surface area contributed by atoms with E-state index in [-0.39, 0.29) is 13.0 Å². The SMILES string of the molecule is C=CCOC(=O)CC(=O)OCCCC. The highest BCUT2D eigenvalue weighted by Crippen LogP contribution is 1.94. The van der Waals surface area contributed by atoms with Gasteiger partial charge < -0.3 is 9.47 Å². The number of unbranched alkanes of at least 4 members (excludes halogenated alkanes) is 1. The maximum absolute atomic E-state index is 10.9. The van der Waals surface area contributed by atoms with Gasteiger partial charge in [-0.05, 0) is 6.42 Å². The first-order chi connectivity index (χ1) is 6.70. The van der Waals surface area contributed by atoms with Gasteiger partial charge in [-0.1, -0.05) is 26.0 Å². The molecular formula is C10H16O4. The van der Waals surface area contributed by atoms with Crippen molar-refractivity contribution < 1.29 is 19.1 Å². The van der Waals surface area contributed by atoms with Gasteiger partial charge in [0.05, 0.1) is 6.61 Å². The van der Waals surface area contributed by atoms with Crippen LogP contribution in [0.2, 0.25) is 0 Å². The van der Waals surface area contributed by atoms with E-state index in [2.05, 4.69) is 11.3 Å². The lowest BCUT2D eigenvalue weighted by Crippen LogP contribution is -2.14. The van der Waals surface area contributed by atoms with Crippen molar-refractivity contribution in [1.29, 1.82) is 0 Å². The number of hydrogen-bond acceptors (Lipinski definition) is 4. The van der Waals surface area contributed by atoms with Gasteiger partial charge in [-0.2, -0.15) is 0 Å². The van der Waals surface area contributed by atoms with E-state index in [0.717, 1.165) is 12.8 Å². The summed E-state index contributed by atoms with van der Waals surface area (Å²) in [5.74, 6) is -1.11. The highest BCUT2D eigenvalue weighted by Gasteiger charge is 2.10. The molecule has 0 rings (SSSR count). The van der Waals surface area contributed by atoms with Crippen LogP contribution in [0, 0.1) is 0 Å². The third-order valence-electron chi connectivity index (χ3n) is 1.41. The monoisotopic (exact) mass is 200 g/mol. The fraction of sp³-hybridized carbons (Fsp3) is 0.600. The Morgan fingerprint density at radius 2 is 1.93 bits per heavy atom. The fourth-order valence-electron chi connectivity index (χ4n) is 0.702. The van der Waals surface area contributed by atoms with Crippen molar-refractivity contribution in [3.8, 4) is 0 Å². The minimum absolute atomic E-state index is 0.126. The number of ether oxygens (including phenoxy) is 2. The van der Waals surface area contributed by atoms with Crippen LogP contribution in [0.25, 0.3) is 0 Å². The zero-order chi connectivity index (χ0) is 10.8. The van der Waals surface area contributed by atoms with Crippen LogP contribution in [-0.4, -0.2) is 25.2 Å². The lowest BCUT2D eigenvalue weighted by molar-refractivity contribution is -0.153. The molecule has 14 heavy (non-hydrogen) atoms. The van der Waals surface area contributed by atoms with Crippen LogP contribution in [0.5, 0.6) is 0 Å². The summed E-state index contributed by atoms with van der Waals surface area (Å²) < 4.78 is 9.38. The molecule has 0 heterocycles. The minimum atomic E-state index is -0.577. The van der Waals surface area contributed by atoms with Crippen LogP contribution in [0.4, 0.5) is 0 Å². The van der Waals surface area contributed by atoms with Crippen molar-refractivity contribution in [3.63, 3.8) is 0 Å². The van der Waals surface area contributed by atoms with Gasteiger partial charge in [-0.3, -0.25) is 9.59 Å². The van der Waals surface area contributed by atoms with Gasteiger partial charge in [0, 0.05) is 0 Å². The van der Waals surface area contributed by atoms with Gasteiger partial charge in [0.1, 0.15) is 13.0 Å². The Kier molecular flexibility index (Phi) is 7.50. The Bertz CT molecular complexity index is 198. The van der Waals surface area contributed by atoms with E-state index in [9.17, 15) is 9.59 Å². The van der Waals surface area contributed by atoms with Gasteiger partial charge in [0.2, 0.25) is 0 Å².